The molecule has 1 saturated heterocycles. The predicted octanol–water partition coefficient (Wildman–Crippen LogP) is 2.88. The maximum Gasteiger partial charge on any atom is 0.338 e. The van der Waals surface area contributed by atoms with E-state index in [1.165, 1.54) is 7.11 Å². The van der Waals surface area contributed by atoms with Crippen molar-refractivity contribution >= 4 is 18.0 Å². The van der Waals surface area contributed by atoms with Crippen molar-refractivity contribution in [2.45, 2.75) is 39.7 Å². The highest BCUT2D eigenvalue weighted by Gasteiger charge is 2.39. The van der Waals surface area contributed by atoms with Crippen LogP contribution in [-0.2, 0) is 19.1 Å². The molecule has 2 heterocycles. The van der Waals surface area contributed by atoms with Gasteiger partial charge in [0.15, 0.2) is 11.5 Å². The van der Waals surface area contributed by atoms with Crippen molar-refractivity contribution < 1.29 is 33.3 Å². The Morgan fingerprint density at radius 1 is 1.06 bits per heavy atom. The highest BCUT2D eigenvalue weighted by molar-refractivity contribution is 5.95. The molecule has 2 aliphatic rings. The van der Waals surface area contributed by atoms with Crippen LogP contribution in [0.5, 0.6) is 11.5 Å². The maximum absolute atomic E-state index is 13.3. The van der Waals surface area contributed by atoms with Crippen molar-refractivity contribution in [2.24, 2.45) is 5.92 Å². The fraction of sp³-hybridized carbons (Fsp3) is 0.577. The first kappa shape index (κ1) is 27.3. The fourth-order valence-corrected chi connectivity index (χ4v) is 4.80. The van der Waals surface area contributed by atoms with Crippen LogP contribution in [0.3, 0.4) is 0 Å². The van der Waals surface area contributed by atoms with E-state index in [-0.39, 0.29) is 24.5 Å². The van der Waals surface area contributed by atoms with Crippen LogP contribution in [0.15, 0.2) is 29.5 Å². The SMILES string of the molecule is CCOC(=O)C1=C(CN2CCC[C@@H](C(=O)OCC)C2)N(CC)C(=O)N[C@@H]1c1ccc(OC)c(OC)c1. The number of carbonyl (C=O) groups excluding carboxylic acids is 3. The minimum Gasteiger partial charge on any atom is -0.493 e. The number of hydrogen-bond donors (Lipinski definition) is 1. The average Bonchev–Trinajstić information content (AvgIpc) is 2.88. The maximum atomic E-state index is 13.3. The van der Waals surface area contributed by atoms with E-state index in [1.54, 1.807) is 44.1 Å². The number of hydrogen-bond acceptors (Lipinski definition) is 8. The molecule has 2 atom stereocenters. The third kappa shape index (κ3) is 5.92. The second-order valence-electron chi connectivity index (χ2n) is 8.65. The lowest BCUT2D eigenvalue weighted by Gasteiger charge is -2.39. The van der Waals surface area contributed by atoms with Crippen LogP contribution < -0.4 is 14.8 Å². The minimum absolute atomic E-state index is 0.197. The summed E-state index contributed by atoms with van der Waals surface area (Å²) >= 11 is 0. The molecule has 1 N–H and O–H groups in total. The zero-order valence-corrected chi connectivity index (χ0v) is 21.8. The molecule has 0 bridgehead atoms. The Hall–Kier alpha value is -3.27. The summed E-state index contributed by atoms with van der Waals surface area (Å²) < 4.78 is 21.5. The summed E-state index contributed by atoms with van der Waals surface area (Å²) in [5.41, 5.74) is 1.60. The molecule has 36 heavy (non-hydrogen) atoms. The predicted molar refractivity (Wildman–Crippen MR) is 133 cm³/mol. The van der Waals surface area contributed by atoms with Crippen LogP contribution in [0.25, 0.3) is 0 Å². The van der Waals surface area contributed by atoms with Crippen LogP contribution in [0.2, 0.25) is 0 Å². The Kier molecular flexibility index (Phi) is 9.58. The summed E-state index contributed by atoms with van der Waals surface area (Å²) in [4.78, 5) is 42.6. The first-order valence-electron chi connectivity index (χ1n) is 12.5. The van der Waals surface area contributed by atoms with Crippen molar-refractivity contribution in [2.75, 3.05) is 53.6 Å². The smallest absolute Gasteiger partial charge is 0.338 e. The number of benzene rings is 1. The van der Waals surface area contributed by atoms with E-state index in [1.807, 2.05) is 6.92 Å². The summed E-state index contributed by atoms with van der Waals surface area (Å²) in [6.45, 7) is 7.88. The first-order chi connectivity index (χ1) is 17.4. The molecular weight excluding hydrogens is 466 g/mol. The standard InChI is InChI=1S/C26H37N3O7/c1-6-29-19(16-28-13-9-10-18(15-28)24(30)35-7-2)22(25(31)36-8-3)23(27-26(29)32)17-11-12-20(33-4)21(14-17)34-5/h11-12,14,18,23H,6-10,13,15-16H2,1-5H3,(H,27,32)/t18-,23-/m1/s1. The van der Waals surface area contributed by atoms with E-state index in [0.29, 0.717) is 54.6 Å². The third-order valence-electron chi connectivity index (χ3n) is 6.49. The molecule has 0 aromatic heterocycles. The lowest BCUT2D eigenvalue weighted by Crippen LogP contribution is -2.51. The van der Waals surface area contributed by atoms with E-state index in [9.17, 15) is 14.4 Å². The minimum atomic E-state index is -0.736. The molecule has 198 valence electrons. The van der Waals surface area contributed by atoms with Gasteiger partial charge >= 0.3 is 18.0 Å². The van der Waals surface area contributed by atoms with Crippen molar-refractivity contribution in [1.82, 2.24) is 15.1 Å². The zero-order valence-electron chi connectivity index (χ0n) is 21.8. The third-order valence-corrected chi connectivity index (χ3v) is 6.49. The van der Waals surface area contributed by atoms with Gasteiger partial charge < -0.3 is 24.3 Å². The van der Waals surface area contributed by atoms with Gasteiger partial charge in [-0.2, -0.15) is 0 Å². The number of rotatable bonds is 10. The van der Waals surface area contributed by atoms with Crippen LogP contribution in [0.4, 0.5) is 4.79 Å². The van der Waals surface area contributed by atoms with E-state index in [4.69, 9.17) is 18.9 Å². The molecule has 0 saturated carbocycles. The monoisotopic (exact) mass is 503 g/mol. The van der Waals surface area contributed by atoms with Crippen LogP contribution >= 0.6 is 0 Å². The molecule has 2 amide bonds. The highest BCUT2D eigenvalue weighted by atomic mass is 16.5. The molecule has 3 rings (SSSR count). The van der Waals surface area contributed by atoms with Gasteiger partial charge in [0.1, 0.15) is 0 Å². The second kappa shape index (κ2) is 12.6. The van der Waals surface area contributed by atoms with E-state index in [2.05, 4.69) is 10.2 Å². The fourth-order valence-electron chi connectivity index (χ4n) is 4.80. The van der Waals surface area contributed by atoms with E-state index < -0.39 is 12.0 Å². The van der Waals surface area contributed by atoms with Crippen molar-refractivity contribution in [1.29, 1.82) is 0 Å². The summed E-state index contributed by atoms with van der Waals surface area (Å²) in [5, 5.41) is 2.96. The van der Waals surface area contributed by atoms with Gasteiger partial charge in [0, 0.05) is 25.3 Å². The number of likely N-dealkylation sites (tertiary alicyclic amines) is 1. The zero-order chi connectivity index (χ0) is 26.2. The molecule has 10 nitrogen and oxygen atoms in total. The number of ether oxygens (including phenoxy) is 4. The largest absolute Gasteiger partial charge is 0.493 e. The van der Waals surface area contributed by atoms with Gasteiger partial charge in [-0.05, 0) is 57.9 Å². The number of amides is 2. The van der Waals surface area contributed by atoms with Gasteiger partial charge in [0.05, 0.1) is 45.0 Å². The number of likely N-dealkylation sites (N-methyl/N-ethyl adjacent to an activating group) is 1. The van der Waals surface area contributed by atoms with E-state index in [0.717, 1.165) is 19.4 Å². The van der Waals surface area contributed by atoms with Crippen LogP contribution in [0.1, 0.15) is 45.2 Å². The summed E-state index contributed by atoms with van der Waals surface area (Å²) in [7, 11) is 3.08. The number of urea groups is 1. The Bertz CT molecular complexity index is 994. The quantitative estimate of drug-likeness (QED) is 0.486. The van der Waals surface area contributed by atoms with Gasteiger partial charge in [-0.15, -0.1) is 0 Å². The number of piperidine rings is 1. The Balaban J connectivity index is 2.05. The lowest BCUT2D eigenvalue weighted by molar-refractivity contribution is -0.150. The molecular formula is C26H37N3O7. The van der Waals surface area contributed by atoms with Gasteiger partial charge in [0.2, 0.25) is 0 Å². The first-order valence-corrected chi connectivity index (χ1v) is 12.5. The van der Waals surface area contributed by atoms with Crippen molar-refractivity contribution in [3.63, 3.8) is 0 Å². The topological polar surface area (TPSA) is 107 Å². The van der Waals surface area contributed by atoms with Crippen LogP contribution in [0, 0.1) is 5.92 Å². The number of carbonyl (C=O) groups is 3. The second-order valence-corrected chi connectivity index (χ2v) is 8.65. The van der Waals surface area contributed by atoms with Gasteiger partial charge in [-0.25, -0.2) is 9.59 Å². The molecule has 0 radical (unpaired) electrons. The molecule has 0 aliphatic carbocycles. The summed E-state index contributed by atoms with van der Waals surface area (Å²) in [5.74, 6) is 0.0851. The number of nitrogens with zero attached hydrogens (tertiary/aromatic N) is 2. The van der Waals surface area contributed by atoms with Gasteiger partial charge in [-0.1, -0.05) is 6.07 Å². The molecule has 1 fully saturated rings. The molecule has 1 aromatic carbocycles. The Morgan fingerprint density at radius 3 is 2.42 bits per heavy atom. The molecule has 0 unspecified atom stereocenters. The van der Waals surface area contributed by atoms with Crippen molar-refractivity contribution in [3.8, 4) is 11.5 Å². The Morgan fingerprint density at radius 2 is 1.78 bits per heavy atom. The highest BCUT2D eigenvalue weighted by Crippen LogP contribution is 2.36. The normalized spacial score (nSPS) is 20.6. The van der Waals surface area contributed by atoms with Gasteiger partial charge in [0.25, 0.3) is 0 Å². The number of esters is 2. The molecule has 0 spiro atoms. The Labute approximate surface area is 212 Å². The molecule has 10 heteroatoms. The number of methoxy groups -OCH3 is 2. The van der Waals surface area contributed by atoms with Crippen molar-refractivity contribution in [3.05, 3.63) is 35.0 Å². The summed E-state index contributed by atoms with van der Waals surface area (Å²) in [6.07, 6.45) is 1.58. The van der Waals surface area contributed by atoms with Crippen LogP contribution in [-0.4, -0.2) is 81.4 Å². The molecule has 1 aromatic rings. The van der Waals surface area contributed by atoms with Gasteiger partial charge in [-0.3, -0.25) is 14.6 Å². The summed E-state index contributed by atoms with van der Waals surface area (Å²) in [6, 6.07) is 4.24. The lowest BCUT2D eigenvalue weighted by atomic mass is 9.93. The molecule has 2 aliphatic heterocycles. The average molecular weight is 504 g/mol. The van der Waals surface area contributed by atoms with E-state index >= 15 is 0 Å². The number of nitrogens with one attached hydrogen (secondary N) is 1.